The molecular weight excluding hydrogens is 276 g/mol. The fourth-order valence-electron chi connectivity index (χ4n) is 1.92. The summed E-state index contributed by atoms with van der Waals surface area (Å²) in [7, 11) is 0. The van der Waals surface area contributed by atoms with Gasteiger partial charge in [-0.15, -0.1) is 0 Å². The Bertz CT molecular complexity index is 762. The first-order valence-electron chi connectivity index (χ1n) is 6.06. The molecule has 0 spiro atoms. The standard InChI is InChI=1S/C15H11ClN2O2/c16-15-17-13-7-2-1-6-12(13)14(18-15)20-11-5-3-4-10(8-11)9-19/h1-8,19H,9H2. The van der Waals surface area contributed by atoms with Crippen LogP contribution in [0.1, 0.15) is 5.56 Å². The number of aliphatic hydroxyl groups is 1. The number of benzene rings is 2. The van der Waals surface area contributed by atoms with Crippen LogP contribution in [-0.2, 0) is 6.61 Å². The van der Waals surface area contributed by atoms with Crippen molar-refractivity contribution in [2.45, 2.75) is 6.61 Å². The van der Waals surface area contributed by atoms with Gasteiger partial charge in [0.05, 0.1) is 17.5 Å². The van der Waals surface area contributed by atoms with Crippen LogP contribution in [-0.4, -0.2) is 15.1 Å². The Morgan fingerprint density at radius 3 is 2.75 bits per heavy atom. The van der Waals surface area contributed by atoms with Crippen LogP contribution in [0, 0.1) is 0 Å². The summed E-state index contributed by atoms with van der Waals surface area (Å²) in [6.45, 7) is -0.0392. The second kappa shape index (κ2) is 5.45. The fraction of sp³-hybridized carbons (Fsp3) is 0.0667. The molecule has 3 aromatic rings. The van der Waals surface area contributed by atoms with Crippen molar-refractivity contribution in [1.29, 1.82) is 0 Å². The highest BCUT2D eigenvalue weighted by atomic mass is 35.5. The number of para-hydroxylation sites is 1. The Hall–Kier alpha value is -2.17. The van der Waals surface area contributed by atoms with Crippen LogP contribution in [0.3, 0.4) is 0 Å². The SMILES string of the molecule is OCc1cccc(Oc2nc(Cl)nc3ccccc23)c1. The van der Waals surface area contributed by atoms with Gasteiger partial charge in [-0.3, -0.25) is 0 Å². The topological polar surface area (TPSA) is 55.2 Å². The van der Waals surface area contributed by atoms with Gasteiger partial charge in [-0.05, 0) is 41.4 Å². The number of halogens is 1. The number of nitrogens with zero attached hydrogens (tertiary/aromatic N) is 2. The van der Waals surface area contributed by atoms with E-state index in [9.17, 15) is 0 Å². The largest absolute Gasteiger partial charge is 0.438 e. The smallest absolute Gasteiger partial charge is 0.231 e. The molecule has 0 bridgehead atoms. The Labute approximate surface area is 120 Å². The first kappa shape index (κ1) is 12.8. The van der Waals surface area contributed by atoms with Crippen LogP contribution in [0.25, 0.3) is 10.9 Å². The predicted molar refractivity (Wildman–Crippen MR) is 77.0 cm³/mol. The molecule has 5 heteroatoms. The summed E-state index contributed by atoms with van der Waals surface area (Å²) in [5.41, 5.74) is 1.49. The molecule has 0 aliphatic carbocycles. The zero-order valence-corrected chi connectivity index (χ0v) is 11.2. The second-order valence-corrected chi connectivity index (χ2v) is 4.56. The zero-order valence-electron chi connectivity index (χ0n) is 10.5. The van der Waals surface area contributed by atoms with Gasteiger partial charge in [-0.1, -0.05) is 24.3 Å². The lowest BCUT2D eigenvalue weighted by Crippen LogP contribution is -1.93. The maximum absolute atomic E-state index is 9.14. The zero-order chi connectivity index (χ0) is 13.9. The third-order valence-electron chi connectivity index (χ3n) is 2.84. The van der Waals surface area contributed by atoms with Crippen molar-refractivity contribution in [1.82, 2.24) is 9.97 Å². The summed E-state index contributed by atoms with van der Waals surface area (Å²) in [6.07, 6.45) is 0. The first-order valence-corrected chi connectivity index (χ1v) is 6.44. The van der Waals surface area contributed by atoms with Crippen molar-refractivity contribution in [3.63, 3.8) is 0 Å². The van der Waals surface area contributed by atoms with Crippen molar-refractivity contribution in [3.05, 3.63) is 59.4 Å². The van der Waals surface area contributed by atoms with Gasteiger partial charge >= 0.3 is 0 Å². The van der Waals surface area contributed by atoms with E-state index in [1.54, 1.807) is 12.1 Å². The van der Waals surface area contributed by atoms with Crippen molar-refractivity contribution in [2.75, 3.05) is 0 Å². The van der Waals surface area contributed by atoms with E-state index < -0.39 is 0 Å². The van der Waals surface area contributed by atoms with Gasteiger partial charge in [-0.2, -0.15) is 4.98 Å². The van der Waals surface area contributed by atoms with E-state index in [0.717, 1.165) is 16.5 Å². The lowest BCUT2D eigenvalue weighted by Gasteiger charge is -2.08. The molecule has 2 aromatic carbocycles. The Balaban J connectivity index is 2.05. The number of rotatable bonds is 3. The van der Waals surface area contributed by atoms with E-state index in [1.165, 1.54) is 0 Å². The maximum atomic E-state index is 9.14. The summed E-state index contributed by atoms with van der Waals surface area (Å²) >= 11 is 5.91. The van der Waals surface area contributed by atoms with Crippen LogP contribution >= 0.6 is 11.6 Å². The van der Waals surface area contributed by atoms with Gasteiger partial charge in [0, 0.05) is 0 Å². The number of hydrogen-bond acceptors (Lipinski definition) is 4. The molecule has 1 heterocycles. The number of fused-ring (bicyclic) bond motifs is 1. The lowest BCUT2D eigenvalue weighted by molar-refractivity contribution is 0.281. The average Bonchev–Trinajstić information content (AvgIpc) is 2.47. The van der Waals surface area contributed by atoms with Crippen LogP contribution in [0.15, 0.2) is 48.5 Å². The molecule has 0 atom stereocenters. The second-order valence-electron chi connectivity index (χ2n) is 4.22. The minimum absolute atomic E-state index is 0.0392. The van der Waals surface area contributed by atoms with E-state index in [0.29, 0.717) is 11.6 Å². The highest BCUT2D eigenvalue weighted by molar-refractivity contribution is 6.28. The normalized spacial score (nSPS) is 10.7. The highest BCUT2D eigenvalue weighted by Crippen LogP contribution is 2.28. The summed E-state index contributed by atoms with van der Waals surface area (Å²) in [6, 6.07) is 14.7. The Kier molecular flexibility index (Phi) is 3.50. The number of aliphatic hydroxyl groups excluding tert-OH is 1. The third kappa shape index (κ3) is 2.57. The van der Waals surface area contributed by atoms with Gasteiger partial charge in [0.15, 0.2) is 0 Å². The molecule has 0 aliphatic heterocycles. The van der Waals surface area contributed by atoms with Crippen LogP contribution in [0.2, 0.25) is 5.28 Å². The number of aromatic nitrogens is 2. The monoisotopic (exact) mass is 286 g/mol. The van der Waals surface area contributed by atoms with E-state index >= 15 is 0 Å². The van der Waals surface area contributed by atoms with Crippen LogP contribution in [0.5, 0.6) is 11.6 Å². The molecule has 3 rings (SSSR count). The van der Waals surface area contributed by atoms with Crippen molar-refractivity contribution >= 4 is 22.5 Å². The quantitative estimate of drug-likeness (QED) is 0.748. The summed E-state index contributed by atoms with van der Waals surface area (Å²) in [5, 5.41) is 10.1. The van der Waals surface area contributed by atoms with Gasteiger partial charge < -0.3 is 9.84 Å². The molecule has 0 saturated carbocycles. The van der Waals surface area contributed by atoms with E-state index in [4.69, 9.17) is 21.4 Å². The van der Waals surface area contributed by atoms with Gasteiger partial charge in [0.25, 0.3) is 0 Å². The van der Waals surface area contributed by atoms with E-state index in [1.807, 2.05) is 36.4 Å². The molecule has 1 N–H and O–H groups in total. The van der Waals surface area contributed by atoms with Crippen molar-refractivity contribution in [3.8, 4) is 11.6 Å². The third-order valence-corrected chi connectivity index (χ3v) is 3.01. The summed E-state index contributed by atoms with van der Waals surface area (Å²) in [5.74, 6) is 0.993. The minimum atomic E-state index is -0.0392. The predicted octanol–water partition coefficient (Wildman–Crippen LogP) is 3.57. The molecular formula is C15H11ClN2O2. The van der Waals surface area contributed by atoms with Gasteiger partial charge in [0.2, 0.25) is 11.2 Å². The van der Waals surface area contributed by atoms with Crippen molar-refractivity contribution < 1.29 is 9.84 Å². The maximum Gasteiger partial charge on any atom is 0.231 e. The van der Waals surface area contributed by atoms with Crippen LogP contribution in [0.4, 0.5) is 0 Å². The Morgan fingerprint density at radius 1 is 1.05 bits per heavy atom. The summed E-state index contributed by atoms with van der Waals surface area (Å²) < 4.78 is 5.77. The molecule has 100 valence electrons. The highest BCUT2D eigenvalue weighted by Gasteiger charge is 2.08. The first-order chi connectivity index (χ1) is 9.76. The average molecular weight is 287 g/mol. The van der Waals surface area contributed by atoms with Crippen molar-refractivity contribution in [2.24, 2.45) is 0 Å². The molecule has 0 amide bonds. The van der Waals surface area contributed by atoms with Gasteiger partial charge in [-0.25, -0.2) is 4.98 Å². The fourth-order valence-corrected chi connectivity index (χ4v) is 2.08. The molecule has 0 fully saturated rings. The molecule has 1 aromatic heterocycles. The van der Waals surface area contributed by atoms with E-state index in [-0.39, 0.29) is 11.9 Å². The molecule has 0 radical (unpaired) electrons. The lowest BCUT2D eigenvalue weighted by atomic mass is 10.2. The Morgan fingerprint density at radius 2 is 1.90 bits per heavy atom. The van der Waals surface area contributed by atoms with Gasteiger partial charge in [0.1, 0.15) is 5.75 Å². The number of ether oxygens (including phenoxy) is 1. The molecule has 0 aliphatic rings. The number of hydrogen-bond donors (Lipinski definition) is 1. The molecule has 4 nitrogen and oxygen atoms in total. The summed E-state index contributed by atoms with van der Waals surface area (Å²) in [4.78, 5) is 8.27. The minimum Gasteiger partial charge on any atom is -0.438 e. The molecule has 0 saturated heterocycles. The molecule has 0 unspecified atom stereocenters. The van der Waals surface area contributed by atoms with E-state index in [2.05, 4.69) is 9.97 Å². The van der Waals surface area contributed by atoms with Crippen LogP contribution < -0.4 is 4.74 Å². The molecule has 20 heavy (non-hydrogen) atoms.